The summed E-state index contributed by atoms with van der Waals surface area (Å²) < 4.78 is 1.99. The zero-order chi connectivity index (χ0) is 10.7. The Bertz CT molecular complexity index is 450. The topological polar surface area (TPSA) is 30.7 Å². The highest BCUT2D eigenvalue weighted by molar-refractivity contribution is 9.09. The van der Waals surface area contributed by atoms with Crippen LogP contribution in [0.2, 0.25) is 0 Å². The maximum absolute atomic E-state index is 4.20. The SMILES string of the molecule is Cc1cccc2c1nnn2CCCCBr. The predicted molar refractivity (Wildman–Crippen MR) is 65.3 cm³/mol. The zero-order valence-corrected chi connectivity index (χ0v) is 10.4. The van der Waals surface area contributed by atoms with Crippen LogP contribution in [0.15, 0.2) is 18.2 Å². The van der Waals surface area contributed by atoms with E-state index in [2.05, 4.69) is 51.4 Å². The van der Waals surface area contributed by atoms with Gasteiger partial charge in [0.25, 0.3) is 0 Å². The van der Waals surface area contributed by atoms with Gasteiger partial charge in [-0.1, -0.05) is 33.3 Å². The third kappa shape index (κ3) is 2.20. The normalized spacial score (nSPS) is 11.1. The number of hydrogen-bond donors (Lipinski definition) is 0. The second kappa shape index (κ2) is 4.75. The van der Waals surface area contributed by atoms with Crippen molar-refractivity contribution in [1.29, 1.82) is 0 Å². The molecule has 0 radical (unpaired) electrons. The molecule has 1 heterocycles. The monoisotopic (exact) mass is 267 g/mol. The highest BCUT2D eigenvalue weighted by Crippen LogP contribution is 2.15. The molecule has 0 unspecified atom stereocenters. The first-order chi connectivity index (χ1) is 7.33. The lowest BCUT2D eigenvalue weighted by molar-refractivity contribution is 0.570. The van der Waals surface area contributed by atoms with Crippen LogP contribution in [0.1, 0.15) is 18.4 Å². The van der Waals surface area contributed by atoms with Crippen molar-refractivity contribution in [2.45, 2.75) is 26.3 Å². The van der Waals surface area contributed by atoms with E-state index in [0.717, 1.165) is 29.3 Å². The lowest BCUT2D eigenvalue weighted by Gasteiger charge is -2.00. The number of fused-ring (bicyclic) bond motifs is 1. The number of rotatable bonds is 4. The molecule has 0 aliphatic carbocycles. The van der Waals surface area contributed by atoms with Crippen molar-refractivity contribution >= 4 is 27.0 Å². The van der Waals surface area contributed by atoms with Gasteiger partial charge in [0.1, 0.15) is 5.52 Å². The first-order valence-electron chi connectivity index (χ1n) is 5.17. The number of unbranched alkanes of at least 4 members (excludes halogenated alkanes) is 1. The lowest BCUT2D eigenvalue weighted by atomic mass is 10.2. The molecule has 0 saturated heterocycles. The van der Waals surface area contributed by atoms with Gasteiger partial charge in [-0.25, -0.2) is 4.68 Å². The highest BCUT2D eigenvalue weighted by Gasteiger charge is 2.05. The number of hydrogen-bond acceptors (Lipinski definition) is 2. The summed E-state index contributed by atoms with van der Waals surface area (Å²) in [7, 11) is 0. The van der Waals surface area contributed by atoms with Crippen molar-refractivity contribution in [3.05, 3.63) is 23.8 Å². The van der Waals surface area contributed by atoms with Gasteiger partial charge in [-0.15, -0.1) is 5.10 Å². The fraction of sp³-hybridized carbons (Fsp3) is 0.455. The van der Waals surface area contributed by atoms with Crippen LogP contribution in [0.3, 0.4) is 0 Å². The van der Waals surface area contributed by atoms with E-state index in [-0.39, 0.29) is 0 Å². The van der Waals surface area contributed by atoms with Crippen LogP contribution in [0, 0.1) is 6.92 Å². The van der Waals surface area contributed by atoms with Crippen LogP contribution in [-0.4, -0.2) is 20.3 Å². The Kier molecular flexibility index (Phi) is 3.36. The van der Waals surface area contributed by atoms with Gasteiger partial charge < -0.3 is 0 Å². The minimum atomic E-state index is 0.950. The van der Waals surface area contributed by atoms with E-state index in [9.17, 15) is 0 Å². The Morgan fingerprint density at radius 2 is 2.20 bits per heavy atom. The summed E-state index contributed by atoms with van der Waals surface area (Å²) in [6, 6.07) is 6.21. The molecule has 0 N–H and O–H groups in total. The Hall–Kier alpha value is -0.900. The van der Waals surface area contributed by atoms with Gasteiger partial charge in [0.2, 0.25) is 0 Å². The summed E-state index contributed by atoms with van der Waals surface area (Å²) in [5, 5.41) is 9.43. The van der Waals surface area contributed by atoms with Crippen LogP contribution >= 0.6 is 15.9 Å². The zero-order valence-electron chi connectivity index (χ0n) is 8.78. The molecule has 0 atom stereocenters. The molecular formula is C11H14BrN3. The van der Waals surface area contributed by atoms with E-state index < -0.39 is 0 Å². The third-order valence-electron chi connectivity index (χ3n) is 2.50. The van der Waals surface area contributed by atoms with Gasteiger partial charge in [-0.3, -0.25) is 0 Å². The number of alkyl halides is 1. The van der Waals surface area contributed by atoms with Crippen LogP contribution in [0.4, 0.5) is 0 Å². The van der Waals surface area contributed by atoms with Crippen LogP contribution in [-0.2, 0) is 6.54 Å². The van der Waals surface area contributed by atoms with Crippen LogP contribution in [0.5, 0.6) is 0 Å². The molecule has 1 aromatic carbocycles. The van der Waals surface area contributed by atoms with E-state index in [1.807, 2.05) is 4.68 Å². The second-order valence-electron chi connectivity index (χ2n) is 3.65. The lowest BCUT2D eigenvalue weighted by Crippen LogP contribution is -2.00. The molecule has 0 aliphatic rings. The van der Waals surface area contributed by atoms with Gasteiger partial charge >= 0.3 is 0 Å². The summed E-state index contributed by atoms with van der Waals surface area (Å²) in [6.07, 6.45) is 2.31. The average Bonchev–Trinajstić information content (AvgIpc) is 2.64. The number of halogens is 1. The number of benzene rings is 1. The van der Waals surface area contributed by atoms with Crippen molar-refractivity contribution < 1.29 is 0 Å². The smallest absolute Gasteiger partial charge is 0.116 e. The molecule has 3 nitrogen and oxygen atoms in total. The fourth-order valence-corrected chi connectivity index (χ4v) is 2.05. The van der Waals surface area contributed by atoms with Crippen molar-refractivity contribution in [3.8, 4) is 0 Å². The summed E-state index contributed by atoms with van der Waals surface area (Å²) in [5.41, 5.74) is 3.36. The van der Waals surface area contributed by atoms with Crippen molar-refractivity contribution in [3.63, 3.8) is 0 Å². The molecule has 0 amide bonds. The Morgan fingerprint density at radius 3 is 3.00 bits per heavy atom. The summed E-state index contributed by atoms with van der Waals surface area (Å²) in [5.74, 6) is 0. The molecule has 0 spiro atoms. The standard InChI is InChI=1S/C11H14BrN3/c1-9-5-4-6-10-11(9)13-14-15(10)8-3-2-7-12/h4-6H,2-3,7-8H2,1H3. The molecule has 2 aromatic rings. The van der Waals surface area contributed by atoms with Gasteiger partial charge in [0.05, 0.1) is 5.52 Å². The van der Waals surface area contributed by atoms with Crippen molar-refractivity contribution in [2.24, 2.45) is 0 Å². The summed E-state index contributed by atoms with van der Waals surface area (Å²) in [6.45, 7) is 3.02. The highest BCUT2D eigenvalue weighted by atomic mass is 79.9. The largest absolute Gasteiger partial charge is 0.245 e. The van der Waals surface area contributed by atoms with Gasteiger partial charge in [0, 0.05) is 11.9 Å². The Morgan fingerprint density at radius 1 is 1.33 bits per heavy atom. The molecule has 15 heavy (non-hydrogen) atoms. The molecule has 0 fully saturated rings. The van der Waals surface area contributed by atoms with E-state index in [1.165, 1.54) is 12.0 Å². The molecule has 80 valence electrons. The maximum atomic E-state index is 4.20. The molecule has 2 rings (SSSR count). The Labute approximate surface area is 97.6 Å². The molecule has 0 aliphatic heterocycles. The quantitative estimate of drug-likeness (QED) is 0.630. The summed E-state index contributed by atoms with van der Waals surface area (Å²) in [4.78, 5) is 0. The number of nitrogens with zero attached hydrogens (tertiary/aromatic N) is 3. The fourth-order valence-electron chi connectivity index (χ4n) is 1.65. The summed E-state index contributed by atoms with van der Waals surface area (Å²) >= 11 is 3.43. The van der Waals surface area contributed by atoms with Crippen LogP contribution < -0.4 is 0 Å². The third-order valence-corrected chi connectivity index (χ3v) is 3.06. The van der Waals surface area contributed by atoms with Crippen LogP contribution in [0.25, 0.3) is 11.0 Å². The van der Waals surface area contributed by atoms with E-state index >= 15 is 0 Å². The van der Waals surface area contributed by atoms with E-state index in [0.29, 0.717) is 0 Å². The average molecular weight is 268 g/mol. The van der Waals surface area contributed by atoms with E-state index in [4.69, 9.17) is 0 Å². The molecule has 1 aromatic heterocycles. The van der Waals surface area contributed by atoms with Gasteiger partial charge in [-0.05, 0) is 31.4 Å². The number of aryl methyl sites for hydroxylation is 2. The van der Waals surface area contributed by atoms with Gasteiger partial charge in [-0.2, -0.15) is 0 Å². The second-order valence-corrected chi connectivity index (χ2v) is 4.44. The minimum Gasteiger partial charge on any atom is -0.245 e. The minimum absolute atomic E-state index is 0.950. The first kappa shape index (κ1) is 10.6. The van der Waals surface area contributed by atoms with E-state index in [1.54, 1.807) is 0 Å². The van der Waals surface area contributed by atoms with Crippen molar-refractivity contribution in [1.82, 2.24) is 15.0 Å². The Balaban J connectivity index is 2.25. The molecule has 4 heteroatoms. The molecular weight excluding hydrogens is 254 g/mol. The molecule has 0 bridgehead atoms. The van der Waals surface area contributed by atoms with Crippen molar-refractivity contribution in [2.75, 3.05) is 5.33 Å². The maximum Gasteiger partial charge on any atom is 0.116 e. The predicted octanol–water partition coefficient (Wildman–Crippen LogP) is 2.91. The first-order valence-corrected chi connectivity index (χ1v) is 6.30. The molecule has 0 saturated carbocycles. The van der Waals surface area contributed by atoms with Gasteiger partial charge in [0.15, 0.2) is 0 Å². The number of aromatic nitrogens is 3.